The summed E-state index contributed by atoms with van der Waals surface area (Å²) in [6, 6.07) is 4.76. The highest BCUT2D eigenvalue weighted by Gasteiger charge is 2.32. The van der Waals surface area contributed by atoms with Crippen LogP contribution in [0.5, 0.6) is 11.5 Å². The Balaban J connectivity index is 0.00000288. The number of alkyl halides is 2. The largest absolute Gasteiger partial charge is 0.493 e. The molecule has 8 heteroatoms. The SMILES string of the molecule is COc1cc(CN(C(=O)CC(C)N)C2CC2)ccc1OC(F)F.Cl. The Morgan fingerprint density at radius 2 is 2.04 bits per heavy atom. The monoisotopic (exact) mass is 364 g/mol. The molecule has 1 saturated carbocycles. The summed E-state index contributed by atoms with van der Waals surface area (Å²) in [5.41, 5.74) is 6.50. The molecule has 1 unspecified atom stereocenters. The molecule has 0 heterocycles. The number of rotatable bonds is 8. The lowest BCUT2D eigenvalue weighted by molar-refractivity contribution is -0.132. The van der Waals surface area contributed by atoms with Crippen LogP contribution in [-0.2, 0) is 11.3 Å². The normalized spacial score (nSPS) is 14.8. The third-order valence-corrected chi connectivity index (χ3v) is 3.60. The van der Waals surface area contributed by atoms with Gasteiger partial charge in [-0.25, -0.2) is 0 Å². The van der Waals surface area contributed by atoms with Crippen molar-refractivity contribution in [3.63, 3.8) is 0 Å². The van der Waals surface area contributed by atoms with Crippen LogP contribution in [0.25, 0.3) is 0 Å². The van der Waals surface area contributed by atoms with Gasteiger partial charge in [0.25, 0.3) is 0 Å². The number of halogens is 3. The van der Waals surface area contributed by atoms with Gasteiger partial charge >= 0.3 is 6.61 Å². The molecule has 136 valence electrons. The van der Waals surface area contributed by atoms with Crippen LogP contribution in [0.2, 0.25) is 0 Å². The minimum atomic E-state index is -2.91. The highest BCUT2D eigenvalue weighted by molar-refractivity contribution is 5.85. The smallest absolute Gasteiger partial charge is 0.387 e. The Kier molecular flexibility index (Phi) is 7.69. The number of carbonyl (C=O) groups is 1. The highest BCUT2D eigenvalue weighted by atomic mass is 35.5. The van der Waals surface area contributed by atoms with Crippen LogP contribution in [0.3, 0.4) is 0 Å². The van der Waals surface area contributed by atoms with Gasteiger partial charge < -0.3 is 20.1 Å². The standard InChI is InChI=1S/C16H22F2N2O3.ClH/c1-10(19)7-15(21)20(12-4-5-12)9-11-3-6-13(23-16(17)18)14(8-11)22-2;/h3,6,8,10,12,16H,4-5,7,9,19H2,1-2H3;1H. The molecule has 0 bridgehead atoms. The number of amides is 1. The Labute approximate surface area is 146 Å². The van der Waals surface area contributed by atoms with Gasteiger partial charge in [0, 0.05) is 25.0 Å². The van der Waals surface area contributed by atoms with E-state index in [1.54, 1.807) is 24.0 Å². The third kappa shape index (κ3) is 5.79. The minimum Gasteiger partial charge on any atom is -0.493 e. The van der Waals surface area contributed by atoms with Crippen molar-refractivity contribution in [1.29, 1.82) is 0 Å². The number of ether oxygens (including phenoxy) is 2. The topological polar surface area (TPSA) is 64.8 Å². The molecule has 1 amide bonds. The molecule has 0 saturated heterocycles. The van der Waals surface area contributed by atoms with Crippen molar-refractivity contribution in [1.82, 2.24) is 4.90 Å². The van der Waals surface area contributed by atoms with Gasteiger partial charge in [-0.05, 0) is 37.5 Å². The predicted octanol–water partition coefficient (Wildman–Crippen LogP) is 2.95. The molecule has 2 N–H and O–H groups in total. The van der Waals surface area contributed by atoms with Crippen molar-refractivity contribution in [3.05, 3.63) is 23.8 Å². The summed E-state index contributed by atoms with van der Waals surface area (Å²) in [7, 11) is 1.39. The zero-order valence-corrected chi connectivity index (χ0v) is 14.5. The fourth-order valence-electron chi connectivity index (χ4n) is 2.40. The summed E-state index contributed by atoms with van der Waals surface area (Å²) in [5.74, 6) is 0.207. The fourth-order valence-corrected chi connectivity index (χ4v) is 2.40. The zero-order chi connectivity index (χ0) is 17.0. The van der Waals surface area contributed by atoms with Gasteiger partial charge in [0.05, 0.1) is 7.11 Å². The van der Waals surface area contributed by atoms with Crippen LogP contribution in [0.15, 0.2) is 18.2 Å². The molecule has 2 rings (SSSR count). The molecule has 1 fully saturated rings. The first-order valence-electron chi connectivity index (χ1n) is 7.57. The van der Waals surface area contributed by atoms with Gasteiger partial charge in [0.15, 0.2) is 11.5 Å². The average Bonchev–Trinajstić information content (AvgIpc) is 3.29. The van der Waals surface area contributed by atoms with Crippen molar-refractivity contribution in [2.75, 3.05) is 7.11 Å². The molecule has 5 nitrogen and oxygen atoms in total. The van der Waals surface area contributed by atoms with Crippen molar-refractivity contribution >= 4 is 18.3 Å². The number of methoxy groups -OCH3 is 1. The maximum atomic E-state index is 12.3. The maximum absolute atomic E-state index is 12.3. The first kappa shape index (κ1) is 20.4. The Morgan fingerprint density at radius 1 is 1.38 bits per heavy atom. The average molecular weight is 365 g/mol. The number of benzene rings is 1. The molecular formula is C16H23ClF2N2O3. The number of nitrogens with zero attached hydrogens (tertiary/aromatic N) is 1. The molecule has 1 aliphatic carbocycles. The van der Waals surface area contributed by atoms with E-state index in [0.717, 1.165) is 18.4 Å². The molecule has 1 aliphatic rings. The van der Waals surface area contributed by atoms with E-state index in [0.29, 0.717) is 13.0 Å². The van der Waals surface area contributed by atoms with E-state index < -0.39 is 6.61 Å². The van der Waals surface area contributed by atoms with Crippen molar-refractivity contribution < 1.29 is 23.0 Å². The second-order valence-corrected chi connectivity index (χ2v) is 5.80. The second-order valence-electron chi connectivity index (χ2n) is 5.80. The Hall–Kier alpha value is -1.60. The summed E-state index contributed by atoms with van der Waals surface area (Å²) in [4.78, 5) is 14.1. The van der Waals surface area contributed by atoms with E-state index in [2.05, 4.69) is 4.74 Å². The number of carbonyl (C=O) groups excluding carboxylic acids is 1. The first-order valence-corrected chi connectivity index (χ1v) is 7.57. The lowest BCUT2D eigenvalue weighted by Gasteiger charge is -2.24. The van der Waals surface area contributed by atoms with Crippen LogP contribution >= 0.6 is 12.4 Å². The molecule has 0 aromatic heterocycles. The van der Waals surface area contributed by atoms with E-state index in [9.17, 15) is 13.6 Å². The van der Waals surface area contributed by atoms with Gasteiger partial charge in [-0.1, -0.05) is 6.07 Å². The van der Waals surface area contributed by atoms with E-state index in [-0.39, 0.29) is 41.9 Å². The van der Waals surface area contributed by atoms with Gasteiger partial charge in [-0.3, -0.25) is 4.79 Å². The molecule has 24 heavy (non-hydrogen) atoms. The summed E-state index contributed by atoms with van der Waals surface area (Å²) in [5, 5.41) is 0. The number of hydrogen-bond donors (Lipinski definition) is 1. The minimum absolute atomic E-state index is 0. The molecule has 1 atom stereocenters. The summed E-state index contributed by atoms with van der Waals surface area (Å²) >= 11 is 0. The lowest BCUT2D eigenvalue weighted by Crippen LogP contribution is -2.36. The number of hydrogen-bond acceptors (Lipinski definition) is 4. The van der Waals surface area contributed by atoms with Crippen LogP contribution in [0.4, 0.5) is 8.78 Å². The van der Waals surface area contributed by atoms with Crippen LogP contribution < -0.4 is 15.2 Å². The second kappa shape index (κ2) is 9.03. The van der Waals surface area contributed by atoms with Gasteiger partial charge in [-0.2, -0.15) is 8.78 Å². The van der Waals surface area contributed by atoms with E-state index in [1.807, 2.05) is 0 Å². The molecular weight excluding hydrogens is 342 g/mol. The van der Waals surface area contributed by atoms with Gasteiger partial charge in [0.1, 0.15) is 0 Å². The molecule has 1 aromatic carbocycles. The highest BCUT2D eigenvalue weighted by Crippen LogP contribution is 2.33. The van der Waals surface area contributed by atoms with Crippen molar-refractivity contribution in [2.24, 2.45) is 5.73 Å². The molecule has 1 aromatic rings. The Bertz CT molecular complexity index is 554. The molecule has 0 aliphatic heterocycles. The fraction of sp³-hybridized carbons (Fsp3) is 0.562. The molecule has 0 radical (unpaired) electrons. The first-order chi connectivity index (χ1) is 10.9. The van der Waals surface area contributed by atoms with Gasteiger partial charge in [0.2, 0.25) is 5.91 Å². The zero-order valence-electron chi connectivity index (χ0n) is 13.7. The third-order valence-electron chi connectivity index (χ3n) is 3.60. The van der Waals surface area contributed by atoms with Gasteiger partial charge in [-0.15, -0.1) is 12.4 Å². The Morgan fingerprint density at radius 3 is 2.54 bits per heavy atom. The van der Waals surface area contributed by atoms with E-state index >= 15 is 0 Å². The van der Waals surface area contributed by atoms with Crippen molar-refractivity contribution in [2.45, 2.75) is 51.4 Å². The van der Waals surface area contributed by atoms with Crippen LogP contribution in [0.1, 0.15) is 31.7 Å². The maximum Gasteiger partial charge on any atom is 0.387 e. The van der Waals surface area contributed by atoms with Crippen LogP contribution in [0, 0.1) is 0 Å². The summed E-state index contributed by atoms with van der Waals surface area (Å²) in [6.45, 7) is -0.713. The quantitative estimate of drug-likeness (QED) is 0.770. The summed E-state index contributed by atoms with van der Waals surface area (Å²) in [6.07, 6.45) is 2.25. The number of nitrogens with two attached hydrogens (primary N) is 1. The van der Waals surface area contributed by atoms with Crippen LogP contribution in [-0.4, -0.2) is 36.6 Å². The van der Waals surface area contributed by atoms with E-state index in [4.69, 9.17) is 10.5 Å². The van der Waals surface area contributed by atoms with E-state index in [1.165, 1.54) is 13.2 Å². The summed E-state index contributed by atoms with van der Waals surface area (Å²) < 4.78 is 34.2. The predicted molar refractivity (Wildman–Crippen MR) is 88.7 cm³/mol. The lowest BCUT2D eigenvalue weighted by atomic mass is 10.1. The van der Waals surface area contributed by atoms with Crippen molar-refractivity contribution in [3.8, 4) is 11.5 Å². The molecule has 0 spiro atoms.